The molecule has 0 aliphatic heterocycles. The summed E-state index contributed by atoms with van der Waals surface area (Å²) < 4.78 is 5.90. The van der Waals surface area contributed by atoms with Crippen LogP contribution >= 0.6 is 0 Å². The first-order valence-electron chi connectivity index (χ1n) is 8.79. The molecule has 0 bridgehead atoms. The van der Waals surface area contributed by atoms with Crippen molar-refractivity contribution in [1.82, 2.24) is 0 Å². The molecule has 0 aliphatic carbocycles. The number of rotatable bonds is 7. The van der Waals surface area contributed by atoms with Crippen LogP contribution in [0.1, 0.15) is 50.4 Å². The standard InChI is InChI=1S/C22H21NO4/c1-15-16(2)22(27-20(15)14-24)21(18-11-7-4-8-12-18)19(13-23(25)26)17-9-5-3-6-10-17/h3-12,14,19,21H,13H2,1-2H3. The van der Waals surface area contributed by atoms with Crippen LogP contribution in [0.15, 0.2) is 65.1 Å². The number of benzene rings is 2. The second kappa shape index (κ2) is 7.99. The predicted octanol–water partition coefficient (Wildman–Crippen LogP) is 4.90. The molecule has 2 atom stereocenters. The summed E-state index contributed by atoms with van der Waals surface area (Å²) >= 11 is 0. The molecule has 0 fully saturated rings. The molecule has 0 saturated carbocycles. The van der Waals surface area contributed by atoms with E-state index in [1.54, 1.807) is 0 Å². The first-order valence-corrected chi connectivity index (χ1v) is 8.79. The summed E-state index contributed by atoms with van der Waals surface area (Å²) in [7, 11) is 0. The number of hydrogen-bond acceptors (Lipinski definition) is 4. The van der Waals surface area contributed by atoms with Crippen molar-refractivity contribution in [2.24, 2.45) is 0 Å². The number of nitrogens with zero attached hydrogens (tertiary/aromatic N) is 1. The topological polar surface area (TPSA) is 73.3 Å². The third kappa shape index (κ3) is 3.82. The van der Waals surface area contributed by atoms with Gasteiger partial charge in [0.05, 0.1) is 11.8 Å². The number of nitro groups is 1. The molecular formula is C22H21NO4. The first kappa shape index (κ1) is 18.6. The monoisotopic (exact) mass is 363 g/mol. The number of carbonyl (C=O) groups is 1. The van der Waals surface area contributed by atoms with E-state index in [0.29, 0.717) is 12.0 Å². The molecule has 0 N–H and O–H groups in total. The fourth-order valence-corrected chi connectivity index (χ4v) is 3.54. The van der Waals surface area contributed by atoms with E-state index in [-0.39, 0.29) is 23.1 Å². The maximum atomic E-state index is 11.5. The Labute approximate surface area is 157 Å². The maximum absolute atomic E-state index is 11.5. The molecule has 0 amide bonds. The van der Waals surface area contributed by atoms with Gasteiger partial charge in [-0.3, -0.25) is 14.9 Å². The van der Waals surface area contributed by atoms with Gasteiger partial charge in [-0.25, -0.2) is 0 Å². The molecule has 0 saturated heterocycles. The molecule has 0 aliphatic rings. The van der Waals surface area contributed by atoms with Crippen molar-refractivity contribution in [2.75, 3.05) is 6.54 Å². The van der Waals surface area contributed by atoms with E-state index in [9.17, 15) is 14.9 Å². The minimum Gasteiger partial charge on any atom is -0.457 e. The molecule has 5 nitrogen and oxygen atoms in total. The van der Waals surface area contributed by atoms with Crippen molar-refractivity contribution in [3.05, 3.63) is 105 Å². The molecule has 5 heteroatoms. The summed E-state index contributed by atoms with van der Waals surface area (Å²) in [5, 5.41) is 11.5. The van der Waals surface area contributed by atoms with Gasteiger partial charge < -0.3 is 4.42 Å². The molecule has 1 heterocycles. The summed E-state index contributed by atoms with van der Waals surface area (Å²) in [6, 6.07) is 19.0. The first-order chi connectivity index (χ1) is 13.0. The molecule has 0 spiro atoms. The molecular weight excluding hydrogens is 342 g/mol. The fraction of sp³-hybridized carbons (Fsp3) is 0.227. The lowest BCUT2D eigenvalue weighted by Gasteiger charge is -2.24. The van der Waals surface area contributed by atoms with E-state index >= 15 is 0 Å². The van der Waals surface area contributed by atoms with Crippen LogP contribution in [0.5, 0.6) is 0 Å². The SMILES string of the molecule is Cc1c(C=O)oc(C(c2ccccc2)C(C[N+](=O)[O-])c2ccccc2)c1C. The number of aldehydes is 1. The molecule has 2 unspecified atom stereocenters. The zero-order valence-electron chi connectivity index (χ0n) is 15.3. The van der Waals surface area contributed by atoms with Crippen LogP contribution in [-0.2, 0) is 0 Å². The van der Waals surface area contributed by atoms with E-state index in [1.165, 1.54) is 0 Å². The normalized spacial score (nSPS) is 13.1. The van der Waals surface area contributed by atoms with Crippen molar-refractivity contribution >= 4 is 6.29 Å². The molecule has 1 aromatic heterocycles. The third-order valence-corrected chi connectivity index (χ3v) is 5.05. The fourth-order valence-electron chi connectivity index (χ4n) is 3.54. The van der Waals surface area contributed by atoms with Crippen LogP contribution in [0, 0.1) is 24.0 Å². The van der Waals surface area contributed by atoms with Crippen LogP contribution in [0.2, 0.25) is 0 Å². The van der Waals surface area contributed by atoms with Gasteiger partial charge in [0.1, 0.15) is 5.76 Å². The summed E-state index contributed by atoms with van der Waals surface area (Å²) in [6.45, 7) is 3.49. The lowest BCUT2D eigenvalue weighted by molar-refractivity contribution is -0.483. The van der Waals surface area contributed by atoms with Crippen LogP contribution in [0.3, 0.4) is 0 Å². The van der Waals surface area contributed by atoms with Crippen molar-refractivity contribution in [2.45, 2.75) is 25.7 Å². The van der Waals surface area contributed by atoms with Crippen LogP contribution in [0.4, 0.5) is 0 Å². The van der Waals surface area contributed by atoms with Gasteiger partial charge in [-0.1, -0.05) is 60.7 Å². The van der Waals surface area contributed by atoms with Crippen LogP contribution < -0.4 is 0 Å². The van der Waals surface area contributed by atoms with E-state index in [1.807, 2.05) is 74.5 Å². The second-order valence-corrected chi connectivity index (χ2v) is 6.62. The van der Waals surface area contributed by atoms with Gasteiger partial charge in [0.25, 0.3) is 0 Å². The molecule has 138 valence electrons. The van der Waals surface area contributed by atoms with Gasteiger partial charge in [-0.05, 0) is 30.5 Å². The zero-order valence-corrected chi connectivity index (χ0v) is 15.3. The van der Waals surface area contributed by atoms with E-state index in [2.05, 4.69) is 0 Å². The average molecular weight is 363 g/mol. The van der Waals surface area contributed by atoms with Crippen molar-refractivity contribution < 1.29 is 14.1 Å². The van der Waals surface area contributed by atoms with Gasteiger partial charge in [0.2, 0.25) is 6.54 Å². The largest absolute Gasteiger partial charge is 0.457 e. The van der Waals surface area contributed by atoms with Crippen LogP contribution in [0.25, 0.3) is 0 Å². The van der Waals surface area contributed by atoms with E-state index in [4.69, 9.17) is 4.42 Å². The molecule has 27 heavy (non-hydrogen) atoms. The third-order valence-electron chi connectivity index (χ3n) is 5.05. The number of carbonyl (C=O) groups excluding carboxylic acids is 1. The second-order valence-electron chi connectivity index (χ2n) is 6.62. The Balaban J connectivity index is 2.22. The Morgan fingerprint density at radius 2 is 1.52 bits per heavy atom. The summed E-state index contributed by atoms with van der Waals surface area (Å²) in [5.74, 6) is 0.0894. The highest BCUT2D eigenvalue weighted by atomic mass is 16.6. The Morgan fingerprint density at radius 3 is 2.00 bits per heavy atom. The van der Waals surface area contributed by atoms with Gasteiger partial charge in [-0.15, -0.1) is 0 Å². The average Bonchev–Trinajstić information content (AvgIpc) is 2.97. The Hall–Kier alpha value is -3.21. The van der Waals surface area contributed by atoms with Crippen molar-refractivity contribution in [1.29, 1.82) is 0 Å². The number of hydrogen-bond donors (Lipinski definition) is 0. The highest BCUT2D eigenvalue weighted by Crippen LogP contribution is 2.41. The van der Waals surface area contributed by atoms with Crippen LogP contribution in [-0.4, -0.2) is 17.8 Å². The Morgan fingerprint density at radius 1 is 0.963 bits per heavy atom. The summed E-state index contributed by atoms with van der Waals surface area (Å²) in [4.78, 5) is 22.6. The molecule has 3 rings (SSSR count). The van der Waals surface area contributed by atoms with Gasteiger partial charge >= 0.3 is 0 Å². The minimum absolute atomic E-state index is 0.237. The van der Waals surface area contributed by atoms with Gasteiger partial charge in [-0.2, -0.15) is 0 Å². The van der Waals surface area contributed by atoms with E-state index < -0.39 is 5.92 Å². The molecule has 0 radical (unpaired) electrons. The van der Waals surface area contributed by atoms with Crippen molar-refractivity contribution in [3.8, 4) is 0 Å². The zero-order chi connectivity index (χ0) is 19.4. The summed E-state index contributed by atoms with van der Waals surface area (Å²) in [5.41, 5.74) is 3.41. The van der Waals surface area contributed by atoms with Crippen molar-refractivity contribution in [3.63, 3.8) is 0 Å². The molecule has 3 aromatic rings. The van der Waals surface area contributed by atoms with E-state index in [0.717, 1.165) is 22.3 Å². The highest BCUT2D eigenvalue weighted by Gasteiger charge is 2.34. The quantitative estimate of drug-likeness (QED) is 0.340. The number of furan rings is 1. The van der Waals surface area contributed by atoms with Gasteiger partial charge in [0, 0.05) is 10.5 Å². The minimum atomic E-state index is -0.424. The highest BCUT2D eigenvalue weighted by molar-refractivity contribution is 5.74. The smallest absolute Gasteiger partial charge is 0.211 e. The Kier molecular flexibility index (Phi) is 5.50. The Bertz CT molecular complexity index is 932. The van der Waals surface area contributed by atoms with Gasteiger partial charge in [0.15, 0.2) is 12.0 Å². The lowest BCUT2D eigenvalue weighted by atomic mass is 9.78. The predicted molar refractivity (Wildman–Crippen MR) is 103 cm³/mol. The summed E-state index contributed by atoms with van der Waals surface area (Å²) in [6.07, 6.45) is 0.693. The maximum Gasteiger partial charge on any atom is 0.211 e. The molecule has 2 aromatic carbocycles. The lowest BCUT2D eigenvalue weighted by Crippen LogP contribution is -2.21.